The molecule has 1 aliphatic carbocycles. The summed E-state index contributed by atoms with van der Waals surface area (Å²) >= 11 is 0. The Morgan fingerprint density at radius 1 is 1.29 bits per heavy atom. The van der Waals surface area contributed by atoms with E-state index in [1.54, 1.807) is 27.7 Å². The zero-order valence-corrected chi connectivity index (χ0v) is 13.5. The van der Waals surface area contributed by atoms with Crippen LogP contribution in [0.15, 0.2) is 0 Å². The van der Waals surface area contributed by atoms with E-state index in [1.807, 2.05) is 6.92 Å². The summed E-state index contributed by atoms with van der Waals surface area (Å²) in [7, 11) is 0. The Balaban J connectivity index is 2.20. The lowest BCUT2D eigenvalue weighted by Gasteiger charge is -2.22. The van der Waals surface area contributed by atoms with Gasteiger partial charge in [-0.05, 0) is 40.0 Å². The minimum atomic E-state index is -0.698. The van der Waals surface area contributed by atoms with Gasteiger partial charge in [0.25, 0.3) is 0 Å². The largest absolute Gasteiger partial charge is 0.458 e. The summed E-state index contributed by atoms with van der Waals surface area (Å²) in [6.07, 6.45) is 1.08. The number of hydrogen-bond donors (Lipinski definition) is 2. The monoisotopic (exact) mass is 298 g/mol. The highest BCUT2D eigenvalue weighted by Gasteiger charge is 2.38. The molecule has 6 nitrogen and oxygen atoms in total. The Hall–Kier alpha value is -1.59. The Morgan fingerprint density at radius 2 is 1.86 bits per heavy atom. The third-order valence-electron chi connectivity index (χ3n) is 3.24. The number of rotatable bonds is 6. The number of nitrogens with one attached hydrogen (secondary N) is 2. The van der Waals surface area contributed by atoms with Crippen molar-refractivity contribution in [3.05, 3.63) is 0 Å². The molecular weight excluding hydrogens is 272 g/mol. The first-order valence-corrected chi connectivity index (χ1v) is 7.40. The molecule has 0 spiro atoms. The molecule has 21 heavy (non-hydrogen) atoms. The average Bonchev–Trinajstić information content (AvgIpc) is 3.04. The molecule has 0 saturated heterocycles. The molecule has 6 heteroatoms. The van der Waals surface area contributed by atoms with Gasteiger partial charge in [-0.25, -0.2) is 4.79 Å². The standard InChI is InChI=1S/C15H26N2O4/c1-9-8-11(9)13(19)16-7-6-12(18)17-10(2)14(20)21-15(3,4)5/h9-11H,6-8H2,1-5H3,(H,16,19)(H,17,18)/t9?,10-,11?/m0/s1. The first-order valence-electron chi connectivity index (χ1n) is 7.40. The van der Waals surface area contributed by atoms with E-state index in [0.29, 0.717) is 5.92 Å². The normalized spacial score (nSPS) is 22.1. The molecular formula is C15H26N2O4. The molecule has 1 fully saturated rings. The minimum absolute atomic E-state index is 0.00971. The molecule has 0 radical (unpaired) electrons. The van der Waals surface area contributed by atoms with Gasteiger partial charge < -0.3 is 15.4 Å². The first-order chi connectivity index (χ1) is 9.60. The SMILES string of the molecule is CC1CC1C(=O)NCCC(=O)N[C@@H](C)C(=O)OC(C)(C)C. The summed E-state index contributed by atoms with van der Waals surface area (Å²) in [5.41, 5.74) is -0.578. The fourth-order valence-electron chi connectivity index (χ4n) is 1.88. The van der Waals surface area contributed by atoms with Crippen molar-refractivity contribution in [2.75, 3.05) is 6.54 Å². The second-order valence-electron chi connectivity index (χ2n) is 6.68. The first kappa shape index (κ1) is 17.5. The van der Waals surface area contributed by atoms with Gasteiger partial charge in [-0.2, -0.15) is 0 Å². The lowest BCUT2D eigenvalue weighted by atomic mass is 10.2. The van der Waals surface area contributed by atoms with Crippen LogP contribution in [0.25, 0.3) is 0 Å². The Kier molecular flexibility index (Phi) is 5.75. The summed E-state index contributed by atoms with van der Waals surface area (Å²) in [5, 5.41) is 5.30. The molecule has 2 unspecified atom stereocenters. The fraction of sp³-hybridized carbons (Fsp3) is 0.800. The van der Waals surface area contributed by atoms with E-state index in [0.717, 1.165) is 6.42 Å². The molecule has 0 aromatic heterocycles. The van der Waals surface area contributed by atoms with E-state index in [4.69, 9.17) is 4.74 Å². The van der Waals surface area contributed by atoms with Crippen molar-refractivity contribution >= 4 is 17.8 Å². The molecule has 2 N–H and O–H groups in total. The fourth-order valence-corrected chi connectivity index (χ4v) is 1.88. The van der Waals surface area contributed by atoms with Crippen LogP contribution in [0.5, 0.6) is 0 Å². The highest BCUT2D eigenvalue weighted by molar-refractivity contribution is 5.85. The van der Waals surface area contributed by atoms with Crippen LogP contribution in [0.3, 0.4) is 0 Å². The smallest absolute Gasteiger partial charge is 0.328 e. The second-order valence-corrected chi connectivity index (χ2v) is 6.68. The van der Waals surface area contributed by atoms with Crippen molar-refractivity contribution < 1.29 is 19.1 Å². The van der Waals surface area contributed by atoms with Gasteiger partial charge in [0.1, 0.15) is 11.6 Å². The van der Waals surface area contributed by atoms with Gasteiger partial charge in [-0.3, -0.25) is 9.59 Å². The zero-order valence-electron chi connectivity index (χ0n) is 13.5. The zero-order chi connectivity index (χ0) is 16.2. The van der Waals surface area contributed by atoms with Gasteiger partial charge in [-0.1, -0.05) is 6.92 Å². The molecule has 1 saturated carbocycles. The Bertz CT molecular complexity index is 414. The van der Waals surface area contributed by atoms with Crippen LogP contribution in [0.1, 0.15) is 47.5 Å². The van der Waals surface area contributed by atoms with Crippen LogP contribution in [0, 0.1) is 11.8 Å². The molecule has 1 aliphatic rings. The van der Waals surface area contributed by atoms with Gasteiger partial charge in [-0.15, -0.1) is 0 Å². The molecule has 0 bridgehead atoms. The number of hydrogen-bond acceptors (Lipinski definition) is 4. The van der Waals surface area contributed by atoms with E-state index >= 15 is 0 Å². The lowest BCUT2D eigenvalue weighted by Crippen LogP contribution is -2.43. The summed E-state index contributed by atoms with van der Waals surface area (Å²) in [5.74, 6) is -0.181. The van der Waals surface area contributed by atoms with Gasteiger partial charge in [0.2, 0.25) is 11.8 Å². The Morgan fingerprint density at radius 3 is 2.33 bits per heavy atom. The van der Waals surface area contributed by atoms with Crippen LogP contribution in [0.2, 0.25) is 0 Å². The van der Waals surface area contributed by atoms with Crippen molar-refractivity contribution in [3.8, 4) is 0 Å². The predicted octanol–water partition coefficient (Wildman–Crippen LogP) is 0.995. The van der Waals surface area contributed by atoms with Crippen molar-refractivity contribution in [2.45, 2.75) is 59.1 Å². The van der Waals surface area contributed by atoms with Gasteiger partial charge in [0, 0.05) is 18.9 Å². The topological polar surface area (TPSA) is 84.5 Å². The van der Waals surface area contributed by atoms with E-state index in [-0.39, 0.29) is 30.7 Å². The highest BCUT2D eigenvalue weighted by Crippen LogP contribution is 2.37. The second kappa shape index (κ2) is 6.91. The van der Waals surface area contributed by atoms with Crippen molar-refractivity contribution in [2.24, 2.45) is 11.8 Å². The molecule has 1 rings (SSSR count). The van der Waals surface area contributed by atoms with Crippen LogP contribution in [-0.2, 0) is 19.1 Å². The number of esters is 1. The van der Waals surface area contributed by atoms with E-state index < -0.39 is 17.6 Å². The van der Waals surface area contributed by atoms with Crippen molar-refractivity contribution in [1.82, 2.24) is 10.6 Å². The third-order valence-corrected chi connectivity index (χ3v) is 3.24. The quantitative estimate of drug-likeness (QED) is 0.716. The number of carbonyl (C=O) groups is 3. The summed E-state index contributed by atoms with van der Waals surface area (Å²) < 4.78 is 5.17. The van der Waals surface area contributed by atoms with Crippen LogP contribution >= 0.6 is 0 Å². The minimum Gasteiger partial charge on any atom is -0.458 e. The number of ether oxygens (including phenoxy) is 1. The number of amides is 2. The van der Waals surface area contributed by atoms with Crippen molar-refractivity contribution in [1.29, 1.82) is 0 Å². The molecule has 0 aromatic carbocycles. The third kappa shape index (κ3) is 6.60. The van der Waals surface area contributed by atoms with Crippen LogP contribution < -0.4 is 10.6 Å². The summed E-state index contributed by atoms with van der Waals surface area (Å²) in [4.78, 5) is 35.0. The van der Waals surface area contributed by atoms with Crippen LogP contribution in [-0.4, -0.2) is 36.0 Å². The van der Waals surface area contributed by atoms with Gasteiger partial charge in [0.15, 0.2) is 0 Å². The van der Waals surface area contributed by atoms with Crippen molar-refractivity contribution in [3.63, 3.8) is 0 Å². The molecule has 0 aliphatic heterocycles. The highest BCUT2D eigenvalue weighted by atomic mass is 16.6. The average molecular weight is 298 g/mol. The summed E-state index contributed by atoms with van der Waals surface area (Å²) in [6.45, 7) is 9.21. The maximum absolute atomic E-state index is 11.7. The molecule has 0 heterocycles. The van der Waals surface area contributed by atoms with E-state index in [9.17, 15) is 14.4 Å². The molecule has 0 aromatic rings. The van der Waals surface area contributed by atoms with Gasteiger partial charge in [0.05, 0.1) is 0 Å². The molecule has 120 valence electrons. The summed E-state index contributed by atoms with van der Waals surface area (Å²) in [6, 6.07) is -0.698. The maximum Gasteiger partial charge on any atom is 0.328 e. The van der Waals surface area contributed by atoms with Crippen LogP contribution in [0.4, 0.5) is 0 Å². The lowest BCUT2D eigenvalue weighted by molar-refractivity contribution is -0.158. The van der Waals surface area contributed by atoms with E-state index in [1.165, 1.54) is 0 Å². The maximum atomic E-state index is 11.7. The number of carbonyl (C=O) groups excluding carboxylic acids is 3. The molecule has 3 atom stereocenters. The van der Waals surface area contributed by atoms with Gasteiger partial charge >= 0.3 is 5.97 Å². The predicted molar refractivity (Wildman–Crippen MR) is 78.3 cm³/mol. The molecule has 2 amide bonds. The Labute approximate surface area is 126 Å². The van der Waals surface area contributed by atoms with E-state index in [2.05, 4.69) is 10.6 Å².